The van der Waals surface area contributed by atoms with E-state index in [1.54, 1.807) is 0 Å². The Morgan fingerprint density at radius 1 is 1.83 bits per heavy atom. The van der Waals surface area contributed by atoms with E-state index in [-0.39, 0.29) is 0 Å². The van der Waals surface area contributed by atoms with Gasteiger partial charge in [-0.2, -0.15) is 0 Å². The normalized spacial score (nSPS) is 7.00. The molecule has 0 fully saturated rings. The number of hydrogen-bond donors (Lipinski definition) is 0. The van der Waals surface area contributed by atoms with E-state index in [9.17, 15) is 4.79 Å². The van der Waals surface area contributed by atoms with Crippen molar-refractivity contribution in [1.82, 2.24) is 0 Å². The van der Waals surface area contributed by atoms with Crippen molar-refractivity contribution in [2.45, 2.75) is 0 Å². The Hall–Kier alpha value is -0.513. The molecule has 33 valence electrons. The predicted octanol–water partition coefficient (Wildman–Crippen LogP) is -0.147. The Morgan fingerprint density at radius 3 is 2.33 bits per heavy atom. The third kappa shape index (κ3) is 1.77. The van der Waals surface area contributed by atoms with Crippen molar-refractivity contribution in [2.24, 2.45) is 0 Å². The zero-order valence-corrected chi connectivity index (χ0v) is 4.22. The van der Waals surface area contributed by atoms with Crippen molar-refractivity contribution < 1.29 is 14.0 Å². The first-order chi connectivity index (χ1) is 2.81. The van der Waals surface area contributed by atoms with E-state index >= 15 is 0 Å². The molecule has 0 aromatic carbocycles. The largest absolute Gasteiger partial charge is 0.493 e. The second kappa shape index (κ2) is 2.71. The van der Waals surface area contributed by atoms with Crippen LogP contribution in [0.15, 0.2) is 0 Å². The van der Waals surface area contributed by atoms with Gasteiger partial charge in [0.1, 0.15) is 0 Å². The fraction of sp³-hybridized carbons (Fsp3) is 0.500. The highest BCUT2D eigenvalue weighted by molar-refractivity contribution is 6.04. The van der Waals surface area contributed by atoms with Crippen LogP contribution in [-0.2, 0) is 9.16 Å². The number of carbonyl (C=O) groups excluding carboxylic acids is 1. The van der Waals surface area contributed by atoms with Crippen LogP contribution in [0.5, 0.6) is 0 Å². The topological polar surface area (TPSA) is 35.5 Å². The summed E-state index contributed by atoms with van der Waals surface area (Å²) in [6, 6.07) is 0. The van der Waals surface area contributed by atoms with Gasteiger partial charge >= 0.3 is 16.6 Å². The Labute approximate surface area is 38.8 Å². The molecule has 0 aliphatic carbocycles. The first kappa shape index (κ1) is 5.49. The standard InChI is InChI=1S/C2H3O3Si/c1-4-2(3)5-6/h1H3. The lowest BCUT2D eigenvalue weighted by Gasteiger charge is -1.89. The minimum absolute atomic E-state index is 0.744. The molecule has 0 aromatic rings. The monoisotopic (exact) mass is 103 g/mol. The van der Waals surface area contributed by atoms with Gasteiger partial charge in [0, 0.05) is 0 Å². The molecule has 0 spiro atoms. The van der Waals surface area contributed by atoms with Crippen LogP contribution in [0.1, 0.15) is 0 Å². The highest BCUT2D eigenvalue weighted by Gasteiger charge is 1.88. The molecule has 0 aliphatic heterocycles. The van der Waals surface area contributed by atoms with Crippen LogP contribution in [0.25, 0.3) is 0 Å². The summed E-state index contributed by atoms with van der Waals surface area (Å²) < 4.78 is 7.83. The Kier molecular flexibility index (Phi) is 2.48. The summed E-state index contributed by atoms with van der Waals surface area (Å²) in [7, 11) is 3.67. The molecule has 0 heterocycles. The molecular formula is C2H3O3Si. The minimum Gasteiger partial charge on any atom is -0.486 e. The Balaban J connectivity index is 2.99. The molecule has 0 saturated heterocycles. The number of ether oxygens (including phenoxy) is 1. The Bertz CT molecular complexity index is 46.8. The summed E-state index contributed by atoms with van der Waals surface area (Å²) in [5.41, 5.74) is 0. The summed E-state index contributed by atoms with van der Waals surface area (Å²) in [5.74, 6) is 0. The maximum atomic E-state index is 9.69. The first-order valence-corrected chi connectivity index (χ1v) is 1.63. The molecule has 0 N–H and O–H groups in total. The average molecular weight is 103 g/mol. The zero-order valence-electron chi connectivity index (χ0n) is 3.22. The number of rotatable bonds is 0. The van der Waals surface area contributed by atoms with Crippen LogP contribution in [0.3, 0.4) is 0 Å². The van der Waals surface area contributed by atoms with Gasteiger partial charge in [0.2, 0.25) is 0 Å². The van der Waals surface area contributed by atoms with E-state index in [4.69, 9.17) is 0 Å². The smallest absolute Gasteiger partial charge is 0.486 e. The van der Waals surface area contributed by atoms with Gasteiger partial charge < -0.3 is 9.16 Å². The quantitative estimate of drug-likeness (QED) is 0.316. The molecule has 0 rings (SSSR count). The molecule has 0 aliphatic rings. The van der Waals surface area contributed by atoms with E-state index in [0.717, 1.165) is 0 Å². The summed E-state index contributed by atoms with van der Waals surface area (Å²) in [6.07, 6.45) is -0.744. The summed E-state index contributed by atoms with van der Waals surface area (Å²) in [4.78, 5) is 9.69. The molecule has 0 unspecified atom stereocenters. The van der Waals surface area contributed by atoms with Crippen molar-refractivity contribution in [2.75, 3.05) is 7.11 Å². The average Bonchev–Trinajstić information content (AvgIpc) is 1.65. The van der Waals surface area contributed by atoms with E-state index in [2.05, 4.69) is 19.6 Å². The van der Waals surface area contributed by atoms with Crippen molar-refractivity contribution >= 4 is 16.6 Å². The summed E-state index contributed by atoms with van der Waals surface area (Å²) >= 11 is 0. The van der Waals surface area contributed by atoms with E-state index < -0.39 is 6.16 Å². The highest BCUT2D eigenvalue weighted by atomic mass is 28.2. The van der Waals surface area contributed by atoms with Crippen LogP contribution < -0.4 is 0 Å². The van der Waals surface area contributed by atoms with Gasteiger partial charge in [-0.15, -0.1) is 0 Å². The summed E-state index contributed by atoms with van der Waals surface area (Å²) in [6.45, 7) is 0. The Morgan fingerprint density at radius 2 is 2.33 bits per heavy atom. The minimum atomic E-state index is -0.744. The highest BCUT2D eigenvalue weighted by Crippen LogP contribution is 1.71. The lowest BCUT2D eigenvalue weighted by Crippen LogP contribution is -1.99. The van der Waals surface area contributed by atoms with Crippen molar-refractivity contribution in [3.8, 4) is 0 Å². The van der Waals surface area contributed by atoms with Crippen LogP contribution >= 0.6 is 0 Å². The molecule has 6 heavy (non-hydrogen) atoms. The number of carbonyl (C=O) groups is 1. The SMILES string of the molecule is COC(=O)O[Si]. The fourth-order valence-electron chi connectivity index (χ4n) is 0.0417. The van der Waals surface area contributed by atoms with Gasteiger partial charge in [-0.1, -0.05) is 0 Å². The molecule has 0 amide bonds. The molecular weight excluding hydrogens is 100 g/mol. The predicted molar refractivity (Wildman–Crippen MR) is 19.2 cm³/mol. The molecule has 0 aromatic heterocycles. The van der Waals surface area contributed by atoms with Crippen molar-refractivity contribution in [3.05, 3.63) is 0 Å². The fourth-order valence-corrected chi connectivity index (χ4v) is 0.125. The molecule has 3 nitrogen and oxygen atoms in total. The van der Waals surface area contributed by atoms with Crippen LogP contribution in [0.2, 0.25) is 0 Å². The second-order valence-corrected chi connectivity index (χ2v) is 0.760. The second-order valence-electron chi connectivity index (χ2n) is 0.556. The lowest BCUT2D eigenvalue weighted by atomic mass is 11.4. The van der Waals surface area contributed by atoms with Crippen molar-refractivity contribution in [1.29, 1.82) is 0 Å². The zero-order chi connectivity index (χ0) is 4.99. The first-order valence-electron chi connectivity index (χ1n) is 1.22. The molecule has 0 saturated carbocycles. The lowest BCUT2D eigenvalue weighted by molar-refractivity contribution is 0.125. The molecule has 0 atom stereocenters. The van der Waals surface area contributed by atoms with Crippen LogP contribution in [0.4, 0.5) is 4.79 Å². The van der Waals surface area contributed by atoms with Crippen LogP contribution in [0, 0.1) is 0 Å². The van der Waals surface area contributed by atoms with E-state index in [0.29, 0.717) is 0 Å². The van der Waals surface area contributed by atoms with E-state index in [1.165, 1.54) is 7.11 Å². The van der Waals surface area contributed by atoms with Crippen LogP contribution in [-0.4, -0.2) is 23.8 Å². The third-order valence-corrected chi connectivity index (χ3v) is 0.417. The third-order valence-electron chi connectivity index (χ3n) is 0.250. The maximum Gasteiger partial charge on any atom is 0.493 e. The van der Waals surface area contributed by atoms with Gasteiger partial charge in [-0.05, 0) is 0 Å². The maximum absolute atomic E-state index is 9.69. The van der Waals surface area contributed by atoms with Gasteiger partial charge in [-0.3, -0.25) is 0 Å². The number of methoxy groups -OCH3 is 1. The van der Waals surface area contributed by atoms with E-state index in [1.807, 2.05) is 0 Å². The van der Waals surface area contributed by atoms with Gasteiger partial charge in [0.05, 0.1) is 7.11 Å². The molecule has 0 bridgehead atoms. The molecule has 3 radical (unpaired) electrons. The van der Waals surface area contributed by atoms with Gasteiger partial charge in [0.15, 0.2) is 0 Å². The van der Waals surface area contributed by atoms with Gasteiger partial charge in [0.25, 0.3) is 0 Å². The summed E-state index contributed by atoms with van der Waals surface area (Å²) in [5, 5.41) is 0. The number of hydrogen-bond acceptors (Lipinski definition) is 3. The molecule has 4 heteroatoms. The van der Waals surface area contributed by atoms with Crippen molar-refractivity contribution in [3.63, 3.8) is 0 Å². The van der Waals surface area contributed by atoms with Gasteiger partial charge in [-0.25, -0.2) is 4.79 Å².